The molecule has 66 valence electrons. The summed E-state index contributed by atoms with van der Waals surface area (Å²) in [4.78, 5) is 12.2. The molecule has 2 nitrogen and oxygen atoms in total. The second-order valence-electron chi connectivity index (χ2n) is 2.79. The Morgan fingerprint density at radius 2 is 2.33 bits per heavy atom. The van der Waals surface area contributed by atoms with Crippen LogP contribution in [0.3, 0.4) is 0 Å². The van der Waals surface area contributed by atoms with Crippen LogP contribution in [0.4, 0.5) is 0 Å². The van der Waals surface area contributed by atoms with Crippen molar-refractivity contribution in [2.24, 2.45) is 5.92 Å². The van der Waals surface area contributed by atoms with Gasteiger partial charge in [0, 0.05) is 0 Å². The van der Waals surface area contributed by atoms with Gasteiger partial charge in [0.1, 0.15) is 0 Å². The topological polar surface area (TPSA) is 37.3 Å². The molecule has 0 fully saturated rings. The highest BCUT2D eigenvalue weighted by Gasteiger charge is 2.16. The Bertz CT molecular complexity index is 253. The molecule has 0 aromatic carbocycles. The minimum Gasteiger partial charge on any atom is -0.477 e. The highest BCUT2D eigenvalue weighted by molar-refractivity contribution is 8.07. The first-order valence-electron chi connectivity index (χ1n) is 3.95. The van der Waals surface area contributed by atoms with Crippen LogP contribution < -0.4 is 0 Å². The highest BCUT2D eigenvalue weighted by atomic mass is 32.2. The second-order valence-corrected chi connectivity index (χ2v) is 4.08. The average Bonchev–Trinajstić information content (AvgIpc) is 2.03. The van der Waals surface area contributed by atoms with Crippen LogP contribution in [0, 0.1) is 5.92 Å². The Balaban J connectivity index is 2.80. The molecule has 0 aromatic heterocycles. The Morgan fingerprint density at radius 1 is 1.67 bits per heavy atom. The van der Waals surface area contributed by atoms with Crippen LogP contribution in [0.5, 0.6) is 0 Å². The summed E-state index contributed by atoms with van der Waals surface area (Å²) >= 11 is 1.34. The third-order valence-corrected chi connectivity index (χ3v) is 2.76. The van der Waals surface area contributed by atoms with Gasteiger partial charge in [-0.2, -0.15) is 0 Å². The van der Waals surface area contributed by atoms with Crippen LogP contribution >= 0.6 is 11.8 Å². The van der Waals surface area contributed by atoms with Crippen LogP contribution in [0.25, 0.3) is 0 Å². The van der Waals surface area contributed by atoms with Crippen molar-refractivity contribution in [2.45, 2.75) is 20.3 Å². The summed E-state index contributed by atoms with van der Waals surface area (Å²) in [5.41, 5.74) is 0. The smallest absolute Gasteiger partial charge is 0.342 e. The van der Waals surface area contributed by atoms with Crippen molar-refractivity contribution in [3.05, 3.63) is 22.0 Å². The Hall–Kier alpha value is -0.700. The van der Waals surface area contributed by atoms with E-state index in [1.807, 2.05) is 13.0 Å². The van der Waals surface area contributed by atoms with E-state index in [1.165, 1.54) is 11.8 Å². The zero-order chi connectivity index (χ0) is 9.14. The van der Waals surface area contributed by atoms with Gasteiger partial charge in [-0.05, 0) is 24.2 Å². The average molecular weight is 184 g/mol. The Kier molecular flexibility index (Phi) is 2.98. The Morgan fingerprint density at radius 3 is 2.83 bits per heavy atom. The number of rotatable bonds is 2. The molecule has 0 aromatic rings. The predicted octanol–water partition coefficient (Wildman–Crippen LogP) is 2.63. The lowest BCUT2D eigenvalue weighted by Gasteiger charge is -2.14. The molecule has 1 aliphatic heterocycles. The van der Waals surface area contributed by atoms with Gasteiger partial charge < -0.3 is 5.11 Å². The number of aliphatic carboxylic acids is 1. The fourth-order valence-electron chi connectivity index (χ4n) is 1.14. The number of thioether (sulfide) groups is 1. The summed E-state index contributed by atoms with van der Waals surface area (Å²) in [5, 5.41) is 8.75. The van der Waals surface area contributed by atoms with Crippen molar-refractivity contribution >= 4 is 17.7 Å². The summed E-state index contributed by atoms with van der Waals surface area (Å²) in [6.07, 6.45) is 4.89. The molecule has 0 saturated carbocycles. The summed E-state index contributed by atoms with van der Waals surface area (Å²) in [7, 11) is 0. The molecule has 12 heavy (non-hydrogen) atoms. The van der Waals surface area contributed by atoms with E-state index < -0.39 is 5.97 Å². The standard InChI is InChI=1S/C9H12O2S/c1-3-7-4-6(2)12-8(5-7)9(10)11/h4-5,7H,3H2,1-2H3,(H,10,11). The maximum atomic E-state index is 10.6. The molecule has 1 aliphatic rings. The zero-order valence-electron chi connectivity index (χ0n) is 7.20. The van der Waals surface area contributed by atoms with Crippen molar-refractivity contribution in [3.8, 4) is 0 Å². The van der Waals surface area contributed by atoms with Gasteiger partial charge in [-0.15, -0.1) is 0 Å². The van der Waals surface area contributed by atoms with Gasteiger partial charge in [-0.1, -0.05) is 30.8 Å². The monoisotopic (exact) mass is 184 g/mol. The lowest BCUT2D eigenvalue weighted by atomic mass is 10.1. The minimum absolute atomic E-state index is 0.303. The summed E-state index contributed by atoms with van der Waals surface area (Å²) in [5.74, 6) is -0.511. The molecule has 1 rings (SSSR count). The van der Waals surface area contributed by atoms with E-state index in [0.717, 1.165) is 11.3 Å². The fourth-order valence-corrected chi connectivity index (χ4v) is 2.06. The third-order valence-electron chi connectivity index (χ3n) is 1.77. The van der Waals surface area contributed by atoms with Crippen molar-refractivity contribution in [2.75, 3.05) is 0 Å². The van der Waals surface area contributed by atoms with Gasteiger partial charge in [-0.3, -0.25) is 0 Å². The zero-order valence-corrected chi connectivity index (χ0v) is 8.02. The van der Waals surface area contributed by atoms with Gasteiger partial charge in [0.05, 0.1) is 4.91 Å². The fraction of sp³-hybridized carbons (Fsp3) is 0.444. The van der Waals surface area contributed by atoms with Crippen LogP contribution in [-0.4, -0.2) is 11.1 Å². The number of carbonyl (C=O) groups is 1. The summed E-state index contributed by atoms with van der Waals surface area (Å²) in [6, 6.07) is 0. The third kappa shape index (κ3) is 2.14. The maximum Gasteiger partial charge on any atom is 0.342 e. The largest absolute Gasteiger partial charge is 0.477 e. The molecule has 1 unspecified atom stereocenters. The van der Waals surface area contributed by atoms with Gasteiger partial charge in [0.15, 0.2) is 0 Å². The summed E-state index contributed by atoms with van der Waals surface area (Å²) in [6.45, 7) is 4.00. The van der Waals surface area contributed by atoms with Gasteiger partial charge in [-0.25, -0.2) is 4.79 Å². The van der Waals surface area contributed by atoms with Crippen LogP contribution in [0.15, 0.2) is 22.0 Å². The SMILES string of the molecule is CCC1C=C(C)SC(C(=O)O)=C1. The van der Waals surface area contributed by atoms with E-state index in [9.17, 15) is 4.79 Å². The second kappa shape index (κ2) is 3.81. The van der Waals surface area contributed by atoms with Crippen molar-refractivity contribution < 1.29 is 9.90 Å². The van der Waals surface area contributed by atoms with Crippen molar-refractivity contribution in [3.63, 3.8) is 0 Å². The maximum absolute atomic E-state index is 10.6. The molecule has 0 radical (unpaired) electrons. The molecule has 0 spiro atoms. The Labute approximate surface area is 76.4 Å². The lowest BCUT2D eigenvalue weighted by molar-refractivity contribution is -0.131. The van der Waals surface area contributed by atoms with E-state index in [0.29, 0.717) is 10.8 Å². The lowest BCUT2D eigenvalue weighted by Crippen LogP contribution is -2.04. The number of hydrogen-bond donors (Lipinski definition) is 1. The van der Waals surface area contributed by atoms with Crippen LogP contribution in [0.2, 0.25) is 0 Å². The van der Waals surface area contributed by atoms with Crippen LogP contribution in [0.1, 0.15) is 20.3 Å². The van der Waals surface area contributed by atoms with E-state index >= 15 is 0 Å². The highest BCUT2D eigenvalue weighted by Crippen LogP contribution is 2.33. The van der Waals surface area contributed by atoms with Crippen molar-refractivity contribution in [1.82, 2.24) is 0 Å². The molecular formula is C9H12O2S. The molecule has 1 N–H and O–H groups in total. The van der Waals surface area contributed by atoms with Gasteiger partial charge in [0.2, 0.25) is 0 Å². The minimum atomic E-state index is -0.814. The quantitative estimate of drug-likeness (QED) is 0.716. The predicted molar refractivity (Wildman–Crippen MR) is 50.8 cm³/mol. The molecular weight excluding hydrogens is 172 g/mol. The number of carboxylic acids is 1. The molecule has 1 heterocycles. The number of allylic oxidation sites excluding steroid dienone is 3. The summed E-state index contributed by atoms with van der Waals surface area (Å²) < 4.78 is 0. The van der Waals surface area contributed by atoms with E-state index in [4.69, 9.17) is 5.11 Å². The first-order chi connectivity index (χ1) is 5.63. The first-order valence-corrected chi connectivity index (χ1v) is 4.76. The van der Waals surface area contributed by atoms with Gasteiger partial charge >= 0.3 is 5.97 Å². The first kappa shape index (κ1) is 9.39. The van der Waals surface area contributed by atoms with Crippen molar-refractivity contribution in [1.29, 1.82) is 0 Å². The molecule has 0 bridgehead atoms. The molecule has 0 amide bonds. The molecule has 0 aliphatic carbocycles. The van der Waals surface area contributed by atoms with Crippen LogP contribution in [-0.2, 0) is 4.79 Å². The van der Waals surface area contributed by atoms with Gasteiger partial charge in [0.25, 0.3) is 0 Å². The van der Waals surface area contributed by atoms with E-state index in [2.05, 4.69) is 13.0 Å². The molecule has 1 atom stereocenters. The number of carboxylic acid groups (broad SMARTS) is 1. The normalized spacial score (nSPS) is 23.0. The number of hydrogen-bond acceptors (Lipinski definition) is 2. The molecule has 0 saturated heterocycles. The molecule has 3 heteroatoms. The van der Waals surface area contributed by atoms with E-state index in [-0.39, 0.29) is 0 Å². The van der Waals surface area contributed by atoms with E-state index in [1.54, 1.807) is 0 Å².